The van der Waals surface area contributed by atoms with Crippen LogP contribution in [0.1, 0.15) is 12.5 Å². The van der Waals surface area contributed by atoms with Gasteiger partial charge in [-0.05, 0) is 17.7 Å². The lowest BCUT2D eigenvalue weighted by Gasteiger charge is -2.16. The Balaban J connectivity index is 2.48. The van der Waals surface area contributed by atoms with Crippen LogP contribution in [0.2, 0.25) is 0 Å². The smallest absolute Gasteiger partial charge is 0.321 e. The van der Waals surface area contributed by atoms with Gasteiger partial charge >= 0.3 is 5.97 Å². The number of methoxy groups -OCH3 is 1. The maximum atomic E-state index is 12.7. The zero-order valence-corrected chi connectivity index (χ0v) is 11.3. The Bertz CT molecular complexity index is 450. The van der Waals surface area contributed by atoms with Crippen molar-refractivity contribution in [2.75, 3.05) is 13.7 Å². The quantitative estimate of drug-likeness (QED) is 0.714. The molecule has 1 amide bonds. The van der Waals surface area contributed by atoms with E-state index >= 15 is 0 Å². The van der Waals surface area contributed by atoms with E-state index in [1.165, 1.54) is 26.2 Å². The van der Waals surface area contributed by atoms with Gasteiger partial charge in [-0.1, -0.05) is 12.1 Å². The summed E-state index contributed by atoms with van der Waals surface area (Å²) >= 11 is 0. The molecule has 0 heterocycles. The van der Waals surface area contributed by atoms with Gasteiger partial charge in [-0.25, -0.2) is 4.39 Å². The molecule has 0 aliphatic carbocycles. The Hall–Kier alpha value is -1.99. The molecule has 20 heavy (non-hydrogen) atoms. The maximum Gasteiger partial charge on any atom is 0.321 e. The molecule has 0 unspecified atom stereocenters. The van der Waals surface area contributed by atoms with Crippen molar-refractivity contribution >= 4 is 11.9 Å². The molecule has 0 saturated heterocycles. The second-order valence-electron chi connectivity index (χ2n) is 4.06. The number of hydrogen-bond donors (Lipinski definition) is 2. The molecule has 0 saturated carbocycles. The lowest BCUT2D eigenvalue weighted by atomic mass is 10.2. The van der Waals surface area contributed by atoms with Gasteiger partial charge in [0.2, 0.25) is 5.91 Å². The minimum Gasteiger partial charge on any atom is -0.382 e. The lowest BCUT2D eigenvalue weighted by Crippen LogP contribution is -2.47. The number of nitrogens with one attached hydrogen (secondary N) is 2. The summed E-state index contributed by atoms with van der Waals surface area (Å²) in [6.45, 7) is 1.50. The molecule has 6 nitrogen and oxygen atoms in total. The summed E-state index contributed by atoms with van der Waals surface area (Å²) < 4.78 is 17.6. The van der Waals surface area contributed by atoms with E-state index in [4.69, 9.17) is 4.74 Å². The van der Waals surface area contributed by atoms with Crippen LogP contribution in [0.4, 0.5) is 4.39 Å². The molecule has 0 aliphatic heterocycles. The summed E-state index contributed by atoms with van der Waals surface area (Å²) in [4.78, 5) is 27.1. The van der Waals surface area contributed by atoms with Crippen LogP contribution in [0.5, 0.6) is 0 Å². The van der Waals surface area contributed by atoms with Crippen LogP contribution >= 0.6 is 0 Å². The van der Waals surface area contributed by atoms with Gasteiger partial charge in [0.1, 0.15) is 11.9 Å². The molecule has 0 radical (unpaired) electrons. The molecule has 1 rings (SSSR count). The first-order chi connectivity index (χ1) is 9.52. The fourth-order valence-corrected chi connectivity index (χ4v) is 1.40. The zero-order chi connectivity index (χ0) is 15.0. The van der Waals surface area contributed by atoms with Gasteiger partial charge < -0.3 is 14.9 Å². The highest BCUT2D eigenvalue weighted by atomic mass is 19.1. The highest BCUT2D eigenvalue weighted by Gasteiger charge is 2.19. The molecule has 110 valence electrons. The van der Waals surface area contributed by atoms with Crippen molar-refractivity contribution in [2.24, 2.45) is 0 Å². The maximum absolute atomic E-state index is 12.7. The van der Waals surface area contributed by atoms with Crippen molar-refractivity contribution in [1.29, 1.82) is 0 Å². The number of hydroxylamine groups is 1. The first kappa shape index (κ1) is 16.1. The molecule has 7 heteroatoms. The molecule has 1 atom stereocenters. The van der Waals surface area contributed by atoms with Crippen molar-refractivity contribution in [2.45, 2.75) is 19.5 Å². The number of carbonyl (C=O) groups excluding carboxylic acids is 2. The van der Waals surface area contributed by atoms with Crippen molar-refractivity contribution in [3.8, 4) is 0 Å². The van der Waals surface area contributed by atoms with Crippen LogP contribution in [0.3, 0.4) is 0 Å². The summed E-state index contributed by atoms with van der Waals surface area (Å²) in [6, 6.07) is 4.95. The van der Waals surface area contributed by atoms with Crippen molar-refractivity contribution in [3.63, 3.8) is 0 Å². The third-order valence-electron chi connectivity index (χ3n) is 2.37. The van der Waals surface area contributed by atoms with Gasteiger partial charge in [-0.15, -0.1) is 5.48 Å². The largest absolute Gasteiger partial charge is 0.382 e. The van der Waals surface area contributed by atoms with E-state index < -0.39 is 17.9 Å². The normalized spacial score (nSPS) is 11.8. The lowest BCUT2D eigenvalue weighted by molar-refractivity contribution is -0.153. The zero-order valence-electron chi connectivity index (χ0n) is 11.3. The summed E-state index contributed by atoms with van der Waals surface area (Å²) in [6.07, 6.45) is 0. The molecule has 0 aromatic heterocycles. The van der Waals surface area contributed by atoms with E-state index in [2.05, 4.69) is 15.6 Å². The van der Waals surface area contributed by atoms with Crippen LogP contribution in [-0.4, -0.2) is 31.6 Å². The Morgan fingerprint density at radius 2 is 1.95 bits per heavy atom. The van der Waals surface area contributed by atoms with Crippen LogP contribution < -0.4 is 10.8 Å². The highest BCUT2D eigenvalue weighted by molar-refractivity contribution is 5.82. The second-order valence-corrected chi connectivity index (χ2v) is 4.06. The Kier molecular flexibility index (Phi) is 6.61. The highest BCUT2D eigenvalue weighted by Crippen LogP contribution is 2.02. The van der Waals surface area contributed by atoms with Crippen molar-refractivity contribution < 1.29 is 23.6 Å². The Morgan fingerprint density at radius 1 is 1.30 bits per heavy atom. The monoisotopic (exact) mass is 284 g/mol. The number of ether oxygens (including phenoxy) is 1. The minimum atomic E-state index is -0.815. The van der Waals surface area contributed by atoms with E-state index in [9.17, 15) is 14.0 Å². The van der Waals surface area contributed by atoms with Crippen molar-refractivity contribution in [3.05, 3.63) is 35.6 Å². The van der Waals surface area contributed by atoms with E-state index in [1.54, 1.807) is 12.1 Å². The third kappa shape index (κ3) is 5.77. The molecule has 0 spiro atoms. The van der Waals surface area contributed by atoms with Gasteiger partial charge in [-0.2, -0.15) is 0 Å². The summed E-state index contributed by atoms with van der Waals surface area (Å²) in [5.41, 5.74) is 3.07. The average molecular weight is 284 g/mol. The minimum absolute atomic E-state index is 0.0442. The Morgan fingerprint density at radius 3 is 2.50 bits per heavy atom. The number of carbonyl (C=O) groups is 2. The predicted octanol–water partition coefficient (Wildman–Crippen LogP) is 0.525. The SMILES string of the molecule is COC[C@H](NOC(C)=O)C(=O)NCc1ccc(F)cc1. The van der Waals surface area contributed by atoms with Crippen LogP contribution in [-0.2, 0) is 25.7 Å². The van der Waals surface area contributed by atoms with Crippen LogP contribution in [0.25, 0.3) is 0 Å². The summed E-state index contributed by atoms with van der Waals surface area (Å²) in [7, 11) is 1.43. The molecule has 2 N–H and O–H groups in total. The van der Waals surface area contributed by atoms with Gasteiger partial charge in [0.15, 0.2) is 0 Å². The number of benzene rings is 1. The molecule has 1 aromatic rings. The van der Waals surface area contributed by atoms with Gasteiger partial charge in [0.05, 0.1) is 6.61 Å². The second kappa shape index (κ2) is 8.23. The van der Waals surface area contributed by atoms with Gasteiger partial charge in [0.25, 0.3) is 0 Å². The van der Waals surface area contributed by atoms with Gasteiger partial charge in [0, 0.05) is 20.6 Å². The summed E-state index contributed by atoms with van der Waals surface area (Å²) in [5.74, 6) is -1.29. The Labute approximate surface area is 116 Å². The molecule has 0 fully saturated rings. The van der Waals surface area contributed by atoms with E-state index in [0.717, 1.165) is 5.56 Å². The topological polar surface area (TPSA) is 76.7 Å². The number of rotatable bonds is 7. The van der Waals surface area contributed by atoms with Gasteiger partial charge in [-0.3, -0.25) is 9.59 Å². The summed E-state index contributed by atoms with van der Waals surface area (Å²) in [5, 5.41) is 2.63. The first-order valence-corrected chi connectivity index (χ1v) is 5.97. The predicted molar refractivity (Wildman–Crippen MR) is 68.8 cm³/mol. The molecule has 0 aliphatic rings. The van der Waals surface area contributed by atoms with Crippen LogP contribution in [0.15, 0.2) is 24.3 Å². The van der Waals surface area contributed by atoms with E-state index in [-0.39, 0.29) is 19.0 Å². The number of hydrogen-bond acceptors (Lipinski definition) is 5. The van der Waals surface area contributed by atoms with E-state index in [0.29, 0.717) is 0 Å². The number of amides is 1. The molecular formula is C13H17FN2O4. The molecule has 1 aromatic carbocycles. The van der Waals surface area contributed by atoms with E-state index in [1.807, 2.05) is 0 Å². The fraction of sp³-hybridized carbons (Fsp3) is 0.385. The first-order valence-electron chi connectivity index (χ1n) is 5.97. The van der Waals surface area contributed by atoms with Crippen molar-refractivity contribution in [1.82, 2.24) is 10.8 Å². The molecule has 0 bridgehead atoms. The standard InChI is InChI=1S/C13H17FN2O4/c1-9(17)20-16-12(8-19-2)13(18)15-7-10-3-5-11(14)6-4-10/h3-6,12,16H,7-8H2,1-2H3,(H,15,18)/t12-/m0/s1. The third-order valence-corrected chi connectivity index (χ3v) is 2.37. The number of halogens is 1. The average Bonchev–Trinajstić information content (AvgIpc) is 2.42. The van der Waals surface area contributed by atoms with Crippen LogP contribution in [0, 0.1) is 5.82 Å². The molecular weight excluding hydrogens is 267 g/mol. The fourth-order valence-electron chi connectivity index (χ4n) is 1.40.